The molecule has 0 bridgehead atoms. The molecule has 3 heteroatoms. The van der Waals surface area contributed by atoms with Crippen LogP contribution >= 0.6 is 0 Å². The van der Waals surface area contributed by atoms with Crippen molar-refractivity contribution < 1.29 is 0 Å². The maximum Gasteiger partial charge on any atom is 0.164 e. The Labute approximate surface area is 69.6 Å². The standard InChI is InChI=1S/C8H13N2Si/c1-10(11(2)3)8-6-4-5-7-9-8/h4-7H,1-3H3. The van der Waals surface area contributed by atoms with Crippen LogP contribution in [-0.2, 0) is 0 Å². The van der Waals surface area contributed by atoms with Gasteiger partial charge in [-0.05, 0) is 19.2 Å². The van der Waals surface area contributed by atoms with E-state index in [9.17, 15) is 0 Å². The molecular weight excluding hydrogens is 152 g/mol. The Morgan fingerprint density at radius 3 is 2.55 bits per heavy atom. The molecule has 0 N–H and O–H groups in total. The molecule has 0 aliphatic heterocycles. The Bertz CT molecular complexity index is 211. The normalized spacial score (nSPS) is 10.2. The summed E-state index contributed by atoms with van der Waals surface area (Å²) in [7, 11) is 1.70. The van der Waals surface area contributed by atoms with Gasteiger partial charge in [0.2, 0.25) is 0 Å². The van der Waals surface area contributed by atoms with Crippen LogP contribution in [0.3, 0.4) is 0 Å². The molecule has 0 aromatic carbocycles. The Balaban J connectivity index is 2.77. The first-order valence-electron chi connectivity index (χ1n) is 3.66. The van der Waals surface area contributed by atoms with E-state index in [-0.39, 0.29) is 0 Å². The summed E-state index contributed by atoms with van der Waals surface area (Å²) in [5, 5.41) is 0. The van der Waals surface area contributed by atoms with Gasteiger partial charge in [0.1, 0.15) is 5.82 Å². The molecule has 0 aliphatic rings. The van der Waals surface area contributed by atoms with Gasteiger partial charge in [-0.1, -0.05) is 19.2 Å². The lowest BCUT2D eigenvalue weighted by Gasteiger charge is -2.20. The first kappa shape index (κ1) is 8.27. The summed E-state index contributed by atoms with van der Waals surface area (Å²) in [4.78, 5) is 4.25. The lowest BCUT2D eigenvalue weighted by atomic mass is 10.5. The van der Waals surface area contributed by atoms with E-state index >= 15 is 0 Å². The summed E-state index contributed by atoms with van der Waals surface area (Å²) in [5.74, 6) is 1.08. The van der Waals surface area contributed by atoms with E-state index in [1.165, 1.54) is 0 Å². The van der Waals surface area contributed by atoms with Gasteiger partial charge in [0.25, 0.3) is 0 Å². The molecule has 1 aromatic rings. The van der Waals surface area contributed by atoms with E-state index in [0.29, 0.717) is 0 Å². The highest BCUT2D eigenvalue weighted by atomic mass is 28.3. The van der Waals surface area contributed by atoms with Crippen molar-refractivity contribution in [2.45, 2.75) is 13.1 Å². The maximum atomic E-state index is 4.25. The molecule has 0 saturated heterocycles. The van der Waals surface area contributed by atoms with Crippen molar-refractivity contribution in [3.8, 4) is 0 Å². The van der Waals surface area contributed by atoms with Crippen molar-refractivity contribution in [2.24, 2.45) is 0 Å². The predicted molar refractivity (Wildman–Crippen MR) is 50.1 cm³/mol. The average molecular weight is 165 g/mol. The molecule has 0 fully saturated rings. The number of nitrogens with zero attached hydrogens (tertiary/aromatic N) is 2. The van der Waals surface area contributed by atoms with Crippen molar-refractivity contribution >= 4 is 14.8 Å². The second-order valence-corrected chi connectivity index (χ2v) is 5.26. The minimum Gasteiger partial charge on any atom is -0.386 e. The van der Waals surface area contributed by atoms with Gasteiger partial charge in [-0.2, -0.15) is 0 Å². The summed E-state index contributed by atoms with van der Waals surface area (Å²) >= 11 is 0. The first-order valence-corrected chi connectivity index (χ1v) is 6.11. The molecule has 0 atom stereocenters. The molecule has 11 heavy (non-hydrogen) atoms. The maximum absolute atomic E-state index is 4.25. The summed E-state index contributed by atoms with van der Waals surface area (Å²) < 4.78 is 2.24. The van der Waals surface area contributed by atoms with Crippen LogP contribution in [0.4, 0.5) is 5.82 Å². The fraction of sp³-hybridized carbons (Fsp3) is 0.375. The predicted octanol–water partition coefficient (Wildman–Crippen LogP) is 1.77. The van der Waals surface area contributed by atoms with Gasteiger partial charge in [-0.15, -0.1) is 0 Å². The van der Waals surface area contributed by atoms with Crippen LogP contribution in [0.15, 0.2) is 24.4 Å². The molecule has 1 aromatic heterocycles. The average Bonchev–Trinajstić information content (AvgIpc) is 2.05. The van der Waals surface area contributed by atoms with Crippen molar-refractivity contribution in [3.63, 3.8) is 0 Å². The Hall–Kier alpha value is -0.833. The number of hydrogen-bond acceptors (Lipinski definition) is 2. The molecule has 0 aliphatic carbocycles. The van der Waals surface area contributed by atoms with Gasteiger partial charge in [-0.3, -0.25) is 0 Å². The molecule has 0 amide bonds. The number of hydrogen-bond donors (Lipinski definition) is 0. The van der Waals surface area contributed by atoms with Crippen LogP contribution in [0.2, 0.25) is 13.1 Å². The van der Waals surface area contributed by atoms with Crippen LogP contribution < -0.4 is 4.57 Å². The van der Waals surface area contributed by atoms with Crippen molar-refractivity contribution in [1.82, 2.24) is 4.98 Å². The monoisotopic (exact) mass is 165 g/mol. The molecule has 0 spiro atoms. The largest absolute Gasteiger partial charge is 0.386 e. The highest BCUT2D eigenvalue weighted by Gasteiger charge is 2.05. The van der Waals surface area contributed by atoms with E-state index in [1.54, 1.807) is 0 Å². The highest BCUT2D eigenvalue weighted by molar-refractivity contribution is 6.60. The smallest absolute Gasteiger partial charge is 0.164 e. The van der Waals surface area contributed by atoms with Gasteiger partial charge in [-0.25, -0.2) is 4.98 Å². The van der Waals surface area contributed by atoms with Gasteiger partial charge in [0, 0.05) is 6.20 Å². The van der Waals surface area contributed by atoms with E-state index in [1.807, 2.05) is 24.4 Å². The second-order valence-electron chi connectivity index (χ2n) is 2.69. The van der Waals surface area contributed by atoms with Crippen LogP contribution in [0, 0.1) is 0 Å². The molecule has 1 heterocycles. The molecular formula is C8H13N2Si. The number of pyridine rings is 1. The van der Waals surface area contributed by atoms with Crippen LogP contribution in [-0.4, -0.2) is 21.0 Å². The minimum absolute atomic E-state index is 0.394. The van der Waals surface area contributed by atoms with Gasteiger partial charge in [0.05, 0.1) is 0 Å². The fourth-order valence-corrected chi connectivity index (χ4v) is 1.37. The van der Waals surface area contributed by atoms with E-state index in [0.717, 1.165) is 5.82 Å². The lowest BCUT2D eigenvalue weighted by Crippen LogP contribution is -2.30. The van der Waals surface area contributed by atoms with E-state index < -0.39 is 8.96 Å². The number of aromatic nitrogens is 1. The van der Waals surface area contributed by atoms with Crippen molar-refractivity contribution in [3.05, 3.63) is 24.4 Å². The van der Waals surface area contributed by atoms with Crippen LogP contribution in [0.25, 0.3) is 0 Å². The molecule has 1 radical (unpaired) electrons. The Morgan fingerprint density at radius 2 is 2.09 bits per heavy atom. The highest BCUT2D eigenvalue weighted by Crippen LogP contribution is 2.07. The molecule has 0 unspecified atom stereocenters. The number of rotatable bonds is 2. The zero-order chi connectivity index (χ0) is 8.27. The summed E-state index contributed by atoms with van der Waals surface area (Å²) in [6.07, 6.45) is 1.83. The summed E-state index contributed by atoms with van der Waals surface area (Å²) in [5.41, 5.74) is 0. The van der Waals surface area contributed by atoms with Gasteiger partial charge >= 0.3 is 0 Å². The zero-order valence-electron chi connectivity index (χ0n) is 7.20. The van der Waals surface area contributed by atoms with Crippen LogP contribution in [0.5, 0.6) is 0 Å². The Morgan fingerprint density at radius 1 is 1.36 bits per heavy atom. The van der Waals surface area contributed by atoms with Gasteiger partial charge < -0.3 is 4.57 Å². The quantitative estimate of drug-likeness (QED) is 0.621. The first-order chi connectivity index (χ1) is 5.22. The van der Waals surface area contributed by atoms with Crippen LogP contribution in [0.1, 0.15) is 0 Å². The number of anilines is 1. The third-order valence-corrected chi connectivity index (χ3v) is 3.23. The molecule has 59 valence electrons. The molecule has 2 nitrogen and oxygen atoms in total. The van der Waals surface area contributed by atoms with E-state index in [2.05, 4.69) is 29.7 Å². The van der Waals surface area contributed by atoms with Crippen molar-refractivity contribution in [1.29, 1.82) is 0 Å². The third-order valence-electron chi connectivity index (χ3n) is 1.66. The topological polar surface area (TPSA) is 16.1 Å². The van der Waals surface area contributed by atoms with Gasteiger partial charge in [0.15, 0.2) is 8.96 Å². The summed E-state index contributed by atoms with van der Waals surface area (Å²) in [6, 6.07) is 6.00. The van der Waals surface area contributed by atoms with E-state index in [4.69, 9.17) is 0 Å². The second kappa shape index (κ2) is 3.53. The fourth-order valence-electron chi connectivity index (χ4n) is 0.781. The summed E-state index contributed by atoms with van der Waals surface area (Å²) in [6.45, 7) is 4.50. The third kappa shape index (κ3) is 2.05. The zero-order valence-corrected chi connectivity index (χ0v) is 8.20. The van der Waals surface area contributed by atoms with Crippen molar-refractivity contribution in [2.75, 3.05) is 11.6 Å². The lowest BCUT2D eigenvalue weighted by molar-refractivity contribution is 1.18. The minimum atomic E-state index is -0.394. The molecule has 1 rings (SSSR count). The molecule has 0 saturated carbocycles. The Kier molecular flexibility index (Phi) is 2.65. The SMILES string of the molecule is CN(c1ccccn1)[Si](C)C.